The highest BCUT2D eigenvalue weighted by Gasteiger charge is 2.35. The van der Waals surface area contributed by atoms with Gasteiger partial charge in [0.1, 0.15) is 6.10 Å². The molecule has 1 saturated heterocycles. The predicted molar refractivity (Wildman–Crippen MR) is 36.8 cm³/mol. The van der Waals surface area contributed by atoms with Crippen LogP contribution in [0.4, 0.5) is 0 Å². The molecule has 64 valence electrons. The molecule has 0 amide bonds. The van der Waals surface area contributed by atoms with Crippen molar-refractivity contribution >= 4 is 0 Å². The number of rotatable bonds is 2. The second-order valence-corrected chi connectivity index (χ2v) is 2.97. The zero-order chi connectivity index (χ0) is 8.48. The highest BCUT2D eigenvalue weighted by atomic mass is 16.7. The molecule has 0 aromatic carbocycles. The lowest BCUT2D eigenvalue weighted by Crippen LogP contribution is -2.25. The van der Waals surface area contributed by atoms with Crippen LogP contribution >= 0.6 is 0 Å². The molecule has 11 heavy (non-hydrogen) atoms. The van der Waals surface area contributed by atoms with Crippen LogP contribution < -0.4 is 0 Å². The Morgan fingerprint density at radius 2 is 2.36 bits per heavy atom. The van der Waals surface area contributed by atoms with Gasteiger partial charge in [-0.15, -0.1) is 0 Å². The molecule has 0 spiro atoms. The SMILES string of the molecule is CC1(C)OC[C@H](C[N+](=O)[O-])O1. The molecule has 0 aliphatic carbocycles. The van der Waals surface area contributed by atoms with Crippen LogP contribution in [0.3, 0.4) is 0 Å². The fourth-order valence-electron chi connectivity index (χ4n) is 1.02. The molecule has 0 N–H and O–H groups in total. The molecule has 1 fully saturated rings. The zero-order valence-electron chi connectivity index (χ0n) is 6.57. The largest absolute Gasteiger partial charge is 0.348 e. The molecule has 0 aromatic heterocycles. The second kappa shape index (κ2) is 2.75. The standard InChI is InChI=1S/C6H11NO4/c1-6(2)10-4-5(11-6)3-7(8)9/h5H,3-4H2,1-2H3/t5-/m0/s1. The van der Waals surface area contributed by atoms with E-state index >= 15 is 0 Å². The van der Waals surface area contributed by atoms with Crippen LogP contribution in [0.1, 0.15) is 13.8 Å². The van der Waals surface area contributed by atoms with E-state index in [-0.39, 0.29) is 12.6 Å². The third-order valence-electron chi connectivity index (χ3n) is 1.42. The first kappa shape index (κ1) is 8.42. The smallest absolute Gasteiger partial charge is 0.232 e. The highest BCUT2D eigenvalue weighted by Crippen LogP contribution is 2.21. The lowest BCUT2D eigenvalue weighted by atomic mass is 10.4. The van der Waals surface area contributed by atoms with Crippen LogP contribution in [0.15, 0.2) is 0 Å². The Labute approximate surface area is 64.4 Å². The molecular formula is C6H11NO4. The minimum atomic E-state index is -0.652. The summed E-state index contributed by atoms with van der Waals surface area (Å²) in [6, 6.07) is 0. The Hall–Kier alpha value is -0.680. The van der Waals surface area contributed by atoms with Gasteiger partial charge < -0.3 is 9.47 Å². The van der Waals surface area contributed by atoms with E-state index in [1.807, 2.05) is 0 Å². The topological polar surface area (TPSA) is 61.6 Å². The Kier molecular flexibility index (Phi) is 2.10. The minimum absolute atomic E-state index is 0.177. The van der Waals surface area contributed by atoms with Crippen molar-refractivity contribution in [2.45, 2.75) is 25.7 Å². The van der Waals surface area contributed by atoms with Crippen molar-refractivity contribution < 1.29 is 14.4 Å². The molecule has 1 heterocycles. The Balaban J connectivity index is 2.36. The summed E-state index contributed by atoms with van der Waals surface area (Å²) in [7, 11) is 0. The van der Waals surface area contributed by atoms with Gasteiger partial charge in [-0.3, -0.25) is 10.1 Å². The third-order valence-corrected chi connectivity index (χ3v) is 1.42. The molecule has 5 nitrogen and oxygen atoms in total. The summed E-state index contributed by atoms with van der Waals surface area (Å²) in [5, 5.41) is 10.0. The molecule has 1 aliphatic rings. The normalized spacial score (nSPS) is 28.7. The first-order valence-corrected chi connectivity index (χ1v) is 3.43. The molecule has 0 radical (unpaired) electrons. The maximum atomic E-state index is 10.0. The van der Waals surface area contributed by atoms with Crippen molar-refractivity contribution in [2.24, 2.45) is 0 Å². The average molecular weight is 161 g/mol. The minimum Gasteiger partial charge on any atom is -0.348 e. The van der Waals surface area contributed by atoms with E-state index in [0.29, 0.717) is 6.61 Å². The monoisotopic (exact) mass is 161 g/mol. The van der Waals surface area contributed by atoms with Crippen molar-refractivity contribution in [3.63, 3.8) is 0 Å². The van der Waals surface area contributed by atoms with E-state index < -0.39 is 10.7 Å². The molecule has 0 bridgehead atoms. The van der Waals surface area contributed by atoms with Gasteiger partial charge >= 0.3 is 0 Å². The van der Waals surface area contributed by atoms with Gasteiger partial charge in [-0.25, -0.2) is 0 Å². The van der Waals surface area contributed by atoms with Gasteiger partial charge in [0.15, 0.2) is 5.79 Å². The van der Waals surface area contributed by atoms with Crippen LogP contribution in [-0.2, 0) is 9.47 Å². The fourth-order valence-corrected chi connectivity index (χ4v) is 1.02. The van der Waals surface area contributed by atoms with Crippen molar-refractivity contribution in [3.05, 3.63) is 10.1 Å². The van der Waals surface area contributed by atoms with E-state index in [1.54, 1.807) is 13.8 Å². The molecule has 1 aliphatic heterocycles. The second-order valence-electron chi connectivity index (χ2n) is 2.97. The molecule has 5 heteroatoms. The number of nitro groups is 1. The summed E-state index contributed by atoms with van der Waals surface area (Å²) < 4.78 is 10.3. The van der Waals surface area contributed by atoms with Crippen molar-refractivity contribution in [1.82, 2.24) is 0 Å². The maximum Gasteiger partial charge on any atom is 0.232 e. The number of nitrogens with zero attached hydrogens (tertiary/aromatic N) is 1. The fraction of sp³-hybridized carbons (Fsp3) is 1.00. The van der Waals surface area contributed by atoms with E-state index in [9.17, 15) is 10.1 Å². The van der Waals surface area contributed by atoms with E-state index in [4.69, 9.17) is 9.47 Å². The average Bonchev–Trinajstić information content (AvgIpc) is 2.08. The van der Waals surface area contributed by atoms with E-state index in [2.05, 4.69) is 0 Å². The molecule has 0 unspecified atom stereocenters. The summed E-state index contributed by atoms with van der Waals surface area (Å²) >= 11 is 0. The predicted octanol–water partition coefficient (Wildman–Crippen LogP) is 0.415. The Morgan fingerprint density at radius 3 is 2.73 bits per heavy atom. The van der Waals surface area contributed by atoms with Crippen molar-refractivity contribution in [3.8, 4) is 0 Å². The molecule has 1 rings (SSSR count). The van der Waals surface area contributed by atoms with Gasteiger partial charge in [0.2, 0.25) is 6.54 Å². The summed E-state index contributed by atoms with van der Waals surface area (Å²) in [6.07, 6.45) is -0.389. The van der Waals surface area contributed by atoms with Gasteiger partial charge in [0.25, 0.3) is 0 Å². The van der Waals surface area contributed by atoms with Gasteiger partial charge in [-0.1, -0.05) is 0 Å². The van der Waals surface area contributed by atoms with Crippen molar-refractivity contribution in [2.75, 3.05) is 13.2 Å². The van der Waals surface area contributed by atoms with Gasteiger partial charge in [0.05, 0.1) is 6.61 Å². The molecule has 1 atom stereocenters. The zero-order valence-corrected chi connectivity index (χ0v) is 6.57. The summed E-state index contributed by atoms with van der Waals surface area (Å²) in [5.74, 6) is -0.652. The first-order chi connectivity index (χ1) is 4.99. The van der Waals surface area contributed by atoms with Crippen molar-refractivity contribution in [1.29, 1.82) is 0 Å². The maximum absolute atomic E-state index is 10.0. The first-order valence-electron chi connectivity index (χ1n) is 3.43. The number of hydrogen-bond acceptors (Lipinski definition) is 4. The summed E-state index contributed by atoms with van der Waals surface area (Å²) in [4.78, 5) is 9.64. The summed E-state index contributed by atoms with van der Waals surface area (Å²) in [6.45, 7) is 3.62. The highest BCUT2D eigenvalue weighted by molar-refractivity contribution is 4.69. The molecule has 0 saturated carbocycles. The van der Waals surface area contributed by atoms with Gasteiger partial charge in [-0.05, 0) is 13.8 Å². The van der Waals surface area contributed by atoms with E-state index in [0.717, 1.165) is 0 Å². The lowest BCUT2D eigenvalue weighted by Gasteiger charge is -2.15. The van der Waals surface area contributed by atoms with Crippen LogP contribution in [0.2, 0.25) is 0 Å². The number of hydrogen-bond donors (Lipinski definition) is 0. The van der Waals surface area contributed by atoms with Crippen LogP contribution in [0, 0.1) is 10.1 Å². The lowest BCUT2D eigenvalue weighted by molar-refractivity contribution is -0.490. The number of ether oxygens (including phenoxy) is 2. The van der Waals surface area contributed by atoms with Crippen LogP contribution in [0.25, 0.3) is 0 Å². The molecular weight excluding hydrogens is 150 g/mol. The van der Waals surface area contributed by atoms with Gasteiger partial charge in [-0.2, -0.15) is 0 Å². The van der Waals surface area contributed by atoms with Crippen LogP contribution in [-0.4, -0.2) is 30.0 Å². The third kappa shape index (κ3) is 2.44. The van der Waals surface area contributed by atoms with E-state index in [1.165, 1.54) is 0 Å². The molecule has 0 aromatic rings. The Bertz CT molecular complexity index is 168. The quantitative estimate of drug-likeness (QED) is 0.434. The van der Waals surface area contributed by atoms with Crippen LogP contribution in [0.5, 0.6) is 0 Å². The summed E-state index contributed by atoms with van der Waals surface area (Å²) in [5.41, 5.74) is 0. The Morgan fingerprint density at radius 1 is 1.73 bits per heavy atom. The van der Waals surface area contributed by atoms with Gasteiger partial charge in [0, 0.05) is 4.92 Å².